The number of hydrogen-bond acceptors (Lipinski definition) is 5. The number of ether oxygens (including phenoxy) is 1. The summed E-state index contributed by atoms with van der Waals surface area (Å²) >= 11 is 0. The number of amides is 1. The lowest BCUT2D eigenvalue weighted by molar-refractivity contribution is 0.0642. The number of carbonyl (C=O) groups excluding carboxylic acids is 1. The Labute approximate surface area is 116 Å². The van der Waals surface area contributed by atoms with Gasteiger partial charge in [-0.15, -0.1) is 5.10 Å². The smallest absolute Gasteiger partial charge is 0.289 e. The predicted octanol–water partition coefficient (Wildman–Crippen LogP) is 0.794. The minimum Gasteiger partial charge on any atom is -0.459 e. The third kappa shape index (κ3) is 2.09. The monoisotopic (exact) mass is 276 g/mol. The van der Waals surface area contributed by atoms with E-state index in [4.69, 9.17) is 9.15 Å². The lowest BCUT2D eigenvalue weighted by Crippen LogP contribution is -2.40. The normalized spacial score (nSPS) is 18.1. The van der Waals surface area contributed by atoms with Gasteiger partial charge in [0.25, 0.3) is 5.91 Å². The standard InChI is InChI=1S/C13H16N4O3/c1-16-12-9(8-19-2)6-17(7-10(12)14-15-16)13(18)11-4-3-5-20-11/h3-5,9H,6-8H2,1-2H3/t9-/m0/s1. The Morgan fingerprint density at radius 1 is 1.60 bits per heavy atom. The van der Waals surface area contributed by atoms with Gasteiger partial charge in [-0.05, 0) is 12.1 Å². The molecule has 106 valence electrons. The van der Waals surface area contributed by atoms with E-state index in [2.05, 4.69) is 10.3 Å². The third-order valence-corrected chi connectivity index (χ3v) is 3.50. The molecule has 1 aliphatic heterocycles. The van der Waals surface area contributed by atoms with Crippen molar-refractivity contribution in [3.8, 4) is 0 Å². The molecule has 3 rings (SSSR count). The Hall–Kier alpha value is -2.15. The second-order valence-electron chi connectivity index (χ2n) is 4.86. The molecule has 1 amide bonds. The summed E-state index contributed by atoms with van der Waals surface area (Å²) in [6.45, 7) is 1.54. The van der Waals surface area contributed by atoms with Gasteiger partial charge in [-0.1, -0.05) is 5.21 Å². The first-order valence-corrected chi connectivity index (χ1v) is 6.41. The molecule has 0 aliphatic carbocycles. The van der Waals surface area contributed by atoms with Crippen LogP contribution >= 0.6 is 0 Å². The summed E-state index contributed by atoms with van der Waals surface area (Å²) < 4.78 is 12.2. The summed E-state index contributed by atoms with van der Waals surface area (Å²) in [5.74, 6) is 0.281. The second-order valence-corrected chi connectivity index (χ2v) is 4.86. The average Bonchev–Trinajstić information content (AvgIpc) is 3.08. The van der Waals surface area contributed by atoms with Crippen LogP contribution in [0.1, 0.15) is 27.9 Å². The van der Waals surface area contributed by atoms with Crippen LogP contribution in [0.3, 0.4) is 0 Å². The molecule has 0 saturated carbocycles. The number of aromatic nitrogens is 3. The maximum absolute atomic E-state index is 12.4. The number of rotatable bonds is 3. The molecule has 0 radical (unpaired) electrons. The van der Waals surface area contributed by atoms with Gasteiger partial charge < -0.3 is 14.1 Å². The van der Waals surface area contributed by atoms with Crippen LogP contribution in [-0.4, -0.2) is 46.1 Å². The molecule has 2 aromatic rings. The topological polar surface area (TPSA) is 73.4 Å². The molecule has 0 bridgehead atoms. The maximum Gasteiger partial charge on any atom is 0.289 e. The van der Waals surface area contributed by atoms with Gasteiger partial charge in [-0.25, -0.2) is 0 Å². The Morgan fingerprint density at radius 2 is 2.45 bits per heavy atom. The Bertz CT molecular complexity index is 605. The van der Waals surface area contributed by atoms with E-state index in [0.29, 0.717) is 25.5 Å². The van der Waals surface area contributed by atoms with Crippen molar-refractivity contribution in [1.82, 2.24) is 19.9 Å². The molecule has 0 N–H and O–H groups in total. The van der Waals surface area contributed by atoms with Crippen molar-refractivity contribution >= 4 is 5.91 Å². The summed E-state index contributed by atoms with van der Waals surface area (Å²) in [7, 11) is 3.51. The number of aryl methyl sites for hydroxylation is 1. The molecule has 0 spiro atoms. The van der Waals surface area contributed by atoms with E-state index in [1.807, 2.05) is 7.05 Å². The van der Waals surface area contributed by atoms with E-state index in [-0.39, 0.29) is 11.8 Å². The van der Waals surface area contributed by atoms with Crippen molar-refractivity contribution in [2.24, 2.45) is 7.05 Å². The van der Waals surface area contributed by atoms with E-state index in [1.54, 1.807) is 28.8 Å². The quantitative estimate of drug-likeness (QED) is 0.828. The first-order valence-electron chi connectivity index (χ1n) is 6.41. The van der Waals surface area contributed by atoms with Crippen LogP contribution in [0.25, 0.3) is 0 Å². The van der Waals surface area contributed by atoms with Crippen LogP contribution in [0.5, 0.6) is 0 Å². The lowest BCUT2D eigenvalue weighted by atomic mass is 9.99. The number of nitrogens with zero attached hydrogens (tertiary/aromatic N) is 4. The number of furan rings is 1. The maximum atomic E-state index is 12.4. The zero-order chi connectivity index (χ0) is 14.1. The number of carbonyl (C=O) groups is 1. The first kappa shape index (κ1) is 12.9. The summed E-state index contributed by atoms with van der Waals surface area (Å²) in [6, 6.07) is 3.37. The van der Waals surface area contributed by atoms with Crippen LogP contribution in [0, 0.1) is 0 Å². The molecule has 7 nitrogen and oxygen atoms in total. The minimum atomic E-state index is -0.132. The Balaban J connectivity index is 1.88. The molecular formula is C13H16N4O3. The fourth-order valence-electron chi connectivity index (χ4n) is 2.66. The van der Waals surface area contributed by atoms with Gasteiger partial charge in [0.15, 0.2) is 5.76 Å². The largest absolute Gasteiger partial charge is 0.459 e. The number of fused-ring (bicyclic) bond motifs is 1. The fraction of sp³-hybridized carbons (Fsp3) is 0.462. The molecule has 0 saturated heterocycles. The minimum absolute atomic E-state index is 0.0719. The van der Waals surface area contributed by atoms with Gasteiger partial charge >= 0.3 is 0 Å². The molecular weight excluding hydrogens is 260 g/mol. The van der Waals surface area contributed by atoms with Gasteiger partial charge in [0, 0.05) is 26.6 Å². The number of hydrogen-bond donors (Lipinski definition) is 0. The zero-order valence-corrected chi connectivity index (χ0v) is 11.4. The molecule has 1 atom stereocenters. The summed E-state index contributed by atoms with van der Waals surface area (Å²) in [5.41, 5.74) is 1.86. The highest BCUT2D eigenvalue weighted by Gasteiger charge is 2.33. The SMILES string of the molecule is COC[C@@H]1CN(C(=O)c2ccco2)Cc2nnn(C)c21. The molecule has 0 fully saturated rings. The van der Waals surface area contributed by atoms with Crippen LogP contribution in [-0.2, 0) is 18.3 Å². The van der Waals surface area contributed by atoms with Crippen molar-refractivity contribution < 1.29 is 13.9 Å². The average molecular weight is 276 g/mol. The van der Waals surface area contributed by atoms with E-state index in [1.165, 1.54) is 6.26 Å². The highest BCUT2D eigenvalue weighted by Crippen LogP contribution is 2.27. The molecule has 2 aromatic heterocycles. The van der Waals surface area contributed by atoms with Crippen LogP contribution in [0.15, 0.2) is 22.8 Å². The molecule has 20 heavy (non-hydrogen) atoms. The van der Waals surface area contributed by atoms with Gasteiger partial charge in [-0.2, -0.15) is 0 Å². The lowest BCUT2D eigenvalue weighted by Gasteiger charge is -2.31. The second kappa shape index (κ2) is 5.09. The third-order valence-electron chi connectivity index (χ3n) is 3.50. The van der Waals surface area contributed by atoms with Gasteiger partial charge in [0.1, 0.15) is 5.69 Å². The summed E-state index contributed by atoms with van der Waals surface area (Å²) in [5, 5.41) is 8.17. The molecule has 0 unspecified atom stereocenters. The highest BCUT2D eigenvalue weighted by atomic mass is 16.5. The van der Waals surface area contributed by atoms with Crippen molar-refractivity contribution in [2.75, 3.05) is 20.3 Å². The molecule has 3 heterocycles. The fourth-order valence-corrected chi connectivity index (χ4v) is 2.66. The van der Waals surface area contributed by atoms with E-state index >= 15 is 0 Å². The Kier molecular flexibility index (Phi) is 3.27. The van der Waals surface area contributed by atoms with Crippen LogP contribution in [0.4, 0.5) is 0 Å². The van der Waals surface area contributed by atoms with Gasteiger partial charge in [0.2, 0.25) is 0 Å². The highest BCUT2D eigenvalue weighted by molar-refractivity contribution is 5.91. The summed E-state index contributed by atoms with van der Waals surface area (Å²) in [4.78, 5) is 14.1. The van der Waals surface area contributed by atoms with Crippen molar-refractivity contribution in [3.63, 3.8) is 0 Å². The summed E-state index contributed by atoms with van der Waals surface area (Å²) in [6.07, 6.45) is 1.50. The van der Waals surface area contributed by atoms with Gasteiger partial charge in [-0.3, -0.25) is 9.48 Å². The van der Waals surface area contributed by atoms with Crippen LogP contribution < -0.4 is 0 Å². The van der Waals surface area contributed by atoms with Crippen molar-refractivity contribution in [1.29, 1.82) is 0 Å². The molecule has 0 aromatic carbocycles. The molecule has 7 heteroatoms. The van der Waals surface area contributed by atoms with E-state index < -0.39 is 0 Å². The zero-order valence-electron chi connectivity index (χ0n) is 11.4. The van der Waals surface area contributed by atoms with Crippen molar-refractivity contribution in [2.45, 2.75) is 12.5 Å². The predicted molar refractivity (Wildman–Crippen MR) is 69.1 cm³/mol. The van der Waals surface area contributed by atoms with Gasteiger partial charge in [0.05, 0.1) is 25.1 Å². The first-order chi connectivity index (χ1) is 9.70. The van der Waals surface area contributed by atoms with E-state index in [9.17, 15) is 4.79 Å². The molecule has 1 aliphatic rings. The van der Waals surface area contributed by atoms with E-state index in [0.717, 1.165) is 11.4 Å². The Morgan fingerprint density at radius 3 is 3.15 bits per heavy atom. The number of methoxy groups -OCH3 is 1. The van der Waals surface area contributed by atoms with Crippen molar-refractivity contribution in [3.05, 3.63) is 35.5 Å². The van der Waals surface area contributed by atoms with Crippen LogP contribution in [0.2, 0.25) is 0 Å².